The van der Waals surface area contributed by atoms with Crippen molar-refractivity contribution < 1.29 is 138 Å². The third-order valence-corrected chi connectivity index (χ3v) is 1.76. The average Bonchev–Trinajstić information content (AvgIpc) is 2.66. The summed E-state index contributed by atoms with van der Waals surface area (Å²) in [6.45, 7) is 3.67. The predicted molar refractivity (Wildman–Crippen MR) is 113 cm³/mol. The number of nitrogens with two attached hydrogens (primary N) is 2. The summed E-state index contributed by atoms with van der Waals surface area (Å²) >= 11 is 0. The SMILES string of the molecule is Cc1cnc(C)nc1.I.NC(N)=O.O=C1N=CCC=N1.O=CCC=O.O=CO[O-].[H-].[K+].[K+]. The van der Waals surface area contributed by atoms with Crippen molar-refractivity contribution in [3.63, 3.8) is 0 Å². The second-order valence-corrected chi connectivity index (χ2v) is 4.11. The fourth-order valence-electron chi connectivity index (χ4n) is 0.838. The molecule has 0 aliphatic carbocycles. The minimum Gasteiger partial charge on any atom is -1.00 e. The maximum atomic E-state index is 10.1. The molecule has 0 atom stereocenters. The third kappa shape index (κ3) is 53.4. The van der Waals surface area contributed by atoms with Crippen molar-refractivity contribution in [3.8, 4) is 0 Å². The molecule has 4 N–H and O–H groups in total. The van der Waals surface area contributed by atoms with Gasteiger partial charge >= 0.3 is 115 Å². The molecule has 1 aromatic rings. The minimum absolute atomic E-state index is 0. The molecule has 16 heteroatoms. The van der Waals surface area contributed by atoms with Crippen molar-refractivity contribution in [3.05, 3.63) is 23.8 Å². The number of hydrogen-bond acceptors (Lipinski definition) is 9. The van der Waals surface area contributed by atoms with Gasteiger partial charge in [-0.15, -0.1) is 24.0 Å². The van der Waals surface area contributed by atoms with E-state index in [-0.39, 0.29) is 141 Å². The van der Waals surface area contributed by atoms with Gasteiger partial charge in [0.25, 0.3) is 6.47 Å². The van der Waals surface area contributed by atoms with Gasteiger partial charge in [-0.2, -0.15) is 0 Å². The van der Waals surface area contributed by atoms with E-state index in [9.17, 15) is 14.4 Å². The molecule has 31 heavy (non-hydrogen) atoms. The normalized spacial score (nSPS) is 8.94. The van der Waals surface area contributed by atoms with Crippen LogP contribution in [0.4, 0.5) is 9.59 Å². The Morgan fingerprint density at radius 2 is 1.45 bits per heavy atom. The van der Waals surface area contributed by atoms with Crippen molar-refractivity contribution in [2.24, 2.45) is 21.5 Å². The number of primary amides is 2. The number of amides is 4. The third-order valence-electron chi connectivity index (χ3n) is 1.76. The largest absolute Gasteiger partial charge is 1.00 e. The van der Waals surface area contributed by atoms with Gasteiger partial charge in [0, 0.05) is 31.2 Å². The maximum absolute atomic E-state index is 10.1. The van der Waals surface area contributed by atoms with Gasteiger partial charge in [0.1, 0.15) is 18.4 Å². The first-order valence-electron chi connectivity index (χ1n) is 7.23. The van der Waals surface area contributed by atoms with Gasteiger partial charge in [0.2, 0.25) is 0 Å². The number of urea groups is 2. The van der Waals surface area contributed by atoms with Gasteiger partial charge in [-0.05, 0) is 19.4 Å². The van der Waals surface area contributed by atoms with Gasteiger partial charge in [-0.25, -0.2) is 29.5 Å². The number of carbonyl (C=O) groups excluding carboxylic acids is 5. The van der Waals surface area contributed by atoms with Crippen LogP contribution in [0.15, 0.2) is 22.4 Å². The first-order chi connectivity index (χ1) is 13.2. The van der Waals surface area contributed by atoms with E-state index in [1.54, 1.807) is 0 Å². The van der Waals surface area contributed by atoms with E-state index in [1.165, 1.54) is 12.4 Å². The molecule has 164 valence electrons. The zero-order valence-electron chi connectivity index (χ0n) is 18.7. The molecule has 0 spiro atoms. The van der Waals surface area contributed by atoms with Gasteiger partial charge in [0.05, 0.1) is 6.42 Å². The topological polar surface area (TPSA) is 220 Å². The van der Waals surface area contributed by atoms with Crippen LogP contribution < -0.4 is 119 Å². The van der Waals surface area contributed by atoms with Gasteiger partial charge in [-0.3, -0.25) is 4.79 Å². The molecule has 0 unspecified atom stereocenters. The van der Waals surface area contributed by atoms with Crippen molar-refractivity contribution in [2.45, 2.75) is 26.7 Å². The van der Waals surface area contributed by atoms with E-state index in [0.29, 0.717) is 19.0 Å². The smallest absolute Gasteiger partial charge is 1.00 e. The Morgan fingerprint density at radius 1 is 1.10 bits per heavy atom. The zero-order valence-corrected chi connectivity index (χ0v) is 26.2. The molecule has 0 fully saturated rings. The van der Waals surface area contributed by atoms with Crippen molar-refractivity contribution in [1.29, 1.82) is 0 Å². The standard InChI is InChI=1S/C6H8N2.C4H4N2O.C3H4O2.CH4N2O.CH2O3.HI.2K.H/c1-5-3-7-6(2)8-4-5;7-4-5-2-1-3-6-4;4-2-1-3-5;2-1(3)4;2-1-4-3;;;;/h3-4H,1-2H3;2-3H,1H2;2-3H,1H2;(H4,2,3,4);1,3H;1H;;;/q;;;;;;2*+1;-1/p-1. The predicted octanol–water partition coefficient (Wildman–Crippen LogP) is -6.28. The Bertz CT molecular complexity index is 611. The molecule has 1 aliphatic heterocycles. The summed E-state index contributed by atoms with van der Waals surface area (Å²) in [6, 6.07) is -1.23. The van der Waals surface area contributed by atoms with Crippen LogP contribution in [-0.4, -0.2) is 53.5 Å². The van der Waals surface area contributed by atoms with E-state index in [0.717, 1.165) is 11.4 Å². The summed E-state index contributed by atoms with van der Waals surface area (Å²) in [5.74, 6) is 0.829. The van der Waals surface area contributed by atoms with Crippen LogP contribution in [-0.2, 0) is 19.3 Å². The second kappa shape index (κ2) is 37.4. The van der Waals surface area contributed by atoms with Crippen LogP contribution in [0.25, 0.3) is 0 Å². The van der Waals surface area contributed by atoms with Gasteiger partial charge < -0.3 is 32.6 Å². The van der Waals surface area contributed by atoms with Gasteiger partial charge in [-0.1, -0.05) is 0 Å². The second-order valence-electron chi connectivity index (χ2n) is 4.11. The van der Waals surface area contributed by atoms with E-state index in [2.05, 4.69) is 36.3 Å². The Morgan fingerprint density at radius 3 is 1.61 bits per heavy atom. The molecule has 2 heterocycles. The Balaban J connectivity index is -0.0000000488. The van der Waals surface area contributed by atoms with E-state index in [4.69, 9.17) is 14.8 Å². The molecule has 0 bridgehead atoms. The molecular formula is C15H23IK2N6O7. The van der Waals surface area contributed by atoms with Crippen molar-refractivity contribution in [2.75, 3.05) is 0 Å². The molecule has 0 aromatic carbocycles. The van der Waals surface area contributed by atoms with Gasteiger partial charge in [0.15, 0.2) is 0 Å². The Hall–Kier alpha value is 0.133. The minimum atomic E-state index is -0.833. The fraction of sp³-hybridized carbons (Fsp3) is 0.267. The number of carbonyl (C=O) groups is 5. The molecule has 0 radical (unpaired) electrons. The number of aldehydes is 2. The molecule has 0 saturated heterocycles. The number of rotatable bonds is 3. The average molecular weight is 604 g/mol. The molecule has 1 aliphatic rings. The Kier molecular flexibility index (Phi) is 54.1. The summed E-state index contributed by atoms with van der Waals surface area (Å²) in [6.07, 6.45) is 8.53. The van der Waals surface area contributed by atoms with E-state index < -0.39 is 12.1 Å². The van der Waals surface area contributed by atoms with Crippen LogP contribution in [0.2, 0.25) is 0 Å². The fourth-order valence-corrected chi connectivity index (χ4v) is 0.838. The molecule has 1 aromatic heterocycles. The molecular weight excluding hydrogens is 581 g/mol. The number of hydrogen-bond donors (Lipinski definition) is 2. The molecule has 2 rings (SSSR count). The molecule has 0 saturated carbocycles. The summed E-state index contributed by atoms with van der Waals surface area (Å²) < 4.78 is 0. The van der Waals surface area contributed by atoms with E-state index in [1.807, 2.05) is 26.2 Å². The molecule has 13 nitrogen and oxygen atoms in total. The van der Waals surface area contributed by atoms with Crippen LogP contribution in [0.1, 0.15) is 25.7 Å². The molecule has 4 amide bonds. The number of aryl methyl sites for hydroxylation is 2. The van der Waals surface area contributed by atoms with Crippen LogP contribution >= 0.6 is 24.0 Å². The monoisotopic (exact) mass is 604 g/mol. The maximum Gasteiger partial charge on any atom is 1.00 e. The Labute approximate surface area is 282 Å². The summed E-state index contributed by atoms with van der Waals surface area (Å²) in [7, 11) is 0. The summed E-state index contributed by atoms with van der Waals surface area (Å²) in [5, 5.41) is 8.43. The first kappa shape index (κ1) is 44.8. The quantitative estimate of drug-likeness (QED) is 0.0836. The number of aromatic nitrogens is 2. The number of halogens is 1. The van der Waals surface area contributed by atoms with Crippen LogP contribution in [0, 0.1) is 13.8 Å². The zero-order chi connectivity index (χ0) is 22.2. The number of nitrogens with zero attached hydrogens (tertiary/aromatic N) is 4. The van der Waals surface area contributed by atoms with Crippen LogP contribution in [0.3, 0.4) is 0 Å². The summed E-state index contributed by atoms with van der Waals surface area (Å²) in [5.41, 5.74) is 9.61. The number of aliphatic imine (C=N–C) groups is 2. The first-order valence-corrected chi connectivity index (χ1v) is 7.23. The van der Waals surface area contributed by atoms with E-state index >= 15 is 0 Å². The van der Waals surface area contributed by atoms with Crippen molar-refractivity contribution >= 4 is 67.5 Å². The van der Waals surface area contributed by atoms with Crippen molar-refractivity contribution in [1.82, 2.24) is 9.97 Å². The van der Waals surface area contributed by atoms with Crippen LogP contribution in [0.5, 0.6) is 0 Å². The summed E-state index contributed by atoms with van der Waals surface area (Å²) in [4.78, 5) is 63.3.